The topological polar surface area (TPSA) is 57.6 Å². The van der Waals surface area contributed by atoms with Gasteiger partial charge in [0.15, 0.2) is 0 Å². The van der Waals surface area contributed by atoms with E-state index in [1.54, 1.807) is 24.3 Å². The molecule has 1 aromatic rings. The number of hydrogen-bond acceptors (Lipinski definition) is 3. The Kier molecular flexibility index (Phi) is 2.51. The maximum absolute atomic E-state index is 11.8. The third kappa shape index (κ3) is 1.64. The number of benzene rings is 1. The maximum Gasteiger partial charge on any atom is 0.260 e. The monoisotopic (exact) mass is 205 g/mol. The SMILES string of the molecule is O=C1Cc2ccccc2C(=O)N1CCO. The summed E-state index contributed by atoms with van der Waals surface area (Å²) < 4.78 is 0. The number of imide groups is 1. The molecule has 4 heteroatoms. The van der Waals surface area contributed by atoms with Crippen molar-refractivity contribution < 1.29 is 14.7 Å². The number of fused-ring (bicyclic) bond motifs is 1. The van der Waals surface area contributed by atoms with E-state index in [1.165, 1.54) is 0 Å². The molecule has 0 atom stereocenters. The number of aliphatic hydroxyl groups excluding tert-OH is 1. The summed E-state index contributed by atoms with van der Waals surface area (Å²) in [5.74, 6) is -0.552. The standard InChI is InChI=1S/C11H11NO3/c13-6-5-12-10(14)7-8-3-1-2-4-9(8)11(12)15/h1-4,13H,5-7H2. The van der Waals surface area contributed by atoms with Gasteiger partial charge in [-0.05, 0) is 11.6 Å². The fourth-order valence-electron chi connectivity index (χ4n) is 1.73. The molecule has 1 aliphatic heterocycles. The minimum Gasteiger partial charge on any atom is -0.395 e. The molecular weight excluding hydrogens is 194 g/mol. The van der Waals surface area contributed by atoms with Crippen LogP contribution in [-0.4, -0.2) is 35.0 Å². The minimum absolute atomic E-state index is 0.0754. The second kappa shape index (κ2) is 3.82. The van der Waals surface area contributed by atoms with Crippen LogP contribution in [0.1, 0.15) is 15.9 Å². The van der Waals surface area contributed by atoms with Gasteiger partial charge >= 0.3 is 0 Å². The van der Waals surface area contributed by atoms with Crippen LogP contribution in [0.3, 0.4) is 0 Å². The average Bonchev–Trinajstić information content (AvgIpc) is 2.24. The first kappa shape index (κ1) is 9.86. The van der Waals surface area contributed by atoms with Gasteiger partial charge in [0.2, 0.25) is 5.91 Å². The van der Waals surface area contributed by atoms with Gasteiger partial charge in [-0.2, -0.15) is 0 Å². The third-order valence-electron chi connectivity index (χ3n) is 2.46. The summed E-state index contributed by atoms with van der Waals surface area (Å²) in [4.78, 5) is 24.5. The summed E-state index contributed by atoms with van der Waals surface area (Å²) in [5, 5.41) is 8.76. The lowest BCUT2D eigenvalue weighted by Gasteiger charge is -2.25. The number of aliphatic hydroxyl groups is 1. The zero-order valence-corrected chi connectivity index (χ0v) is 8.14. The van der Waals surface area contributed by atoms with Gasteiger partial charge in [-0.1, -0.05) is 18.2 Å². The van der Waals surface area contributed by atoms with Gasteiger partial charge in [-0.15, -0.1) is 0 Å². The highest BCUT2D eigenvalue weighted by atomic mass is 16.3. The highest BCUT2D eigenvalue weighted by molar-refractivity contribution is 6.09. The molecule has 2 amide bonds. The summed E-state index contributed by atoms with van der Waals surface area (Å²) in [6, 6.07) is 7.06. The molecular formula is C11H11NO3. The van der Waals surface area contributed by atoms with Crippen molar-refractivity contribution in [3.8, 4) is 0 Å². The fraction of sp³-hybridized carbons (Fsp3) is 0.273. The van der Waals surface area contributed by atoms with E-state index in [2.05, 4.69) is 0 Å². The predicted molar refractivity (Wildman–Crippen MR) is 53.3 cm³/mol. The molecule has 0 unspecified atom stereocenters. The Morgan fingerprint density at radius 3 is 2.73 bits per heavy atom. The zero-order valence-electron chi connectivity index (χ0n) is 8.14. The van der Waals surface area contributed by atoms with Crippen LogP contribution in [0.25, 0.3) is 0 Å². The molecule has 0 radical (unpaired) electrons. The predicted octanol–water partition coefficient (Wildman–Crippen LogP) is 0.204. The van der Waals surface area contributed by atoms with E-state index in [0.717, 1.165) is 10.5 Å². The highest BCUT2D eigenvalue weighted by Crippen LogP contribution is 2.18. The van der Waals surface area contributed by atoms with Crippen molar-refractivity contribution in [3.05, 3.63) is 35.4 Å². The molecule has 0 aromatic heterocycles. The van der Waals surface area contributed by atoms with Crippen molar-refractivity contribution in [2.24, 2.45) is 0 Å². The molecule has 0 fully saturated rings. The van der Waals surface area contributed by atoms with Crippen molar-refractivity contribution in [2.75, 3.05) is 13.2 Å². The van der Waals surface area contributed by atoms with Crippen LogP contribution in [0.2, 0.25) is 0 Å². The molecule has 1 aliphatic rings. The van der Waals surface area contributed by atoms with Gasteiger partial charge in [0.05, 0.1) is 19.6 Å². The lowest BCUT2D eigenvalue weighted by atomic mass is 9.99. The molecule has 0 bridgehead atoms. The van der Waals surface area contributed by atoms with Crippen molar-refractivity contribution in [2.45, 2.75) is 6.42 Å². The lowest BCUT2D eigenvalue weighted by Crippen LogP contribution is -2.43. The number of nitrogens with zero attached hydrogens (tertiary/aromatic N) is 1. The summed E-state index contributed by atoms with van der Waals surface area (Å²) in [6.07, 6.45) is 0.238. The second-order valence-electron chi connectivity index (χ2n) is 3.41. The maximum atomic E-state index is 11.8. The molecule has 2 rings (SSSR count). The Balaban J connectivity index is 2.38. The van der Waals surface area contributed by atoms with Crippen LogP contribution < -0.4 is 0 Å². The smallest absolute Gasteiger partial charge is 0.260 e. The van der Waals surface area contributed by atoms with Crippen LogP contribution >= 0.6 is 0 Å². The van der Waals surface area contributed by atoms with E-state index >= 15 is 0 Å². The zero-order chi connectivity index (χ0) is 10.8. The van der Waals surface area contributed by atoms with Crippen LogP contribution in [0, 0.1) is 0 Å². The van der Waals surface area contributed by atoms with Crippen LogP contribution in [0.15, 0.2) is 24.3 Å². The Labute approximate surface area is 87.1 Å². The Hall–Kier alpha value is -1.68. The van der Waals surface area contributed by atoms with E-state index in [9.17, 15) is 9.59 Å². The van der Waals surface area contributed by atoms with E-state index in [-0.39, 0.29) is 31.4 Å². The van der Waals surface area contributed by atoms with Gasteiger partial charge in [-0.25, -0.2) is 0 Å². The number of β-amino-alcohol motifs (C(OH)–C–C–N with tert-alkyl or cyclic N) is 1. The molecule has 0 saturated heterocycles. The first-order valence-corrected chi connectivity index (χ1v) is 4.77. The molecule has 0 aliphatic carbocycles. The Morgan fingerprint density at radius 2 is 2.00 bits per heavy atom. The van der Waals surface area contributed by atoms with Crippen LogP contribution in [0.4, 0.5) is 0 Å². The van der Waals surface area contributed by atoms with Gasteiger partial charge in [0.25, 0.3) is 5.91 Å². The van der Waals surface area contributed by atoms with Crippen LogP contribution in [-0.2, 0) is 11.2 Å². The average molecular weight is 205 g/mol. The summed E-state index contributed by atoms with van der Waals surface area (Å²) in [7, 11) is 0. The minimum atomic E-state index is -0.309. The van der Waals surface area contributed by atoms with Crippen molar-refractivity contribution >= 4 is 11.8 Å². The number of hydrogen-bond donors (Lipinski definition) is 1. The van der Waals surface area contributed by atoms with Gasteiger partial charge in [0, 0.05) is 5.56 Å². The molecule has 0 spiro atoms. The molecule has 1 heterocycles. The third-order valence-corrected chi connectivity index (χ3v) is 2.46. The second-order valence-corrected chi connectivity index (χ2v) is 3.41. The summed E-state index contributed by atoms with van der Waals surface area (Å²) in [5.41, 5.74) is 1.33. The normalized spacial score (nSPS) is 15.4. The summed E-state index contributed by atoms with van der Waals surface area (Å²) >= 11 is 0. The highest BCUT2D eigenvalue weighted by Gasteiger charge is 2.29. The molecule has 1 aromatic carbocycles. The fourth-order valence-corrected chi connectivity index (χ4v) is 1.73. The number of carbonyl (C=O) groups excluding carboxylic acids is 2. The summed E-state index contributed by atoms with van der Waals surface area (Å²) in [6.45, 7) is -0.119. The molecule has 78 valence electrons. The largest absolute Gasteiger partial charge is 0.395 e. The van der Waals surface area contributed by atoms with E-state index < -0.39 is 0 Å². The van der Waals surface area contributed by atoms with Crippen molar-refractivity contribution in [1.82, 2.24) is 4.90 Å². The number of carbonyl (C=O) groups is 2. The van der Waals surface area contributed by atoms with E-state index in [1.807, 2.05) is 0 Å². The number of amides is 2. The Morgan fingerprint density at radius 1 is 1.27 bits per heavy atom. The van der Waals surface area contributed by atoms with Gasteiger partial charge in [-0.3, -0.25) is 14.5 Å². The van der Waals surface area contributed by atoms with E-state index in [4.69, 9.17) is 5.11 Å². The first-order chi connectivity index (χ1) is 7.24. The Bertz CT molecular complexity index is 414. The molecule has 15 heavy (non-hydrogen) atoms. The lowest BCUT2D eigenvalue weighted by molar-refractivity contribution is -0.128. The van der Waals surface area contributed by atoms with Crippen molar-refractivity contribution in [1.29, 1.82) is 0 Å². The van der Waals surface area contributed by atoms with E-state index in [0.29, 0.717) is 5.56 Å². The molecule has 1 N–H and O–H groups in total. The van der Waals surface area contributed by atoms with Gasteiger partial charge in [0.1, 0.15) is 0 Å². The molecule has 0 saturated carbocycles. The number of rotatable bonds is 2. The van der Waals surface area contributed by atoms with Gasteiger partial charge < -0.3 is 5.11 Å². The quantitative estimate of drug-likeness (QED) is 0.702. The molecule has 4 nitrogen and oxygen atoms in total. The van der Waals surface area contributed by atoms with Crippen molar-refractivity contribution in [3.63, 3.8) is 0 Å². The van der Waals surface area contributed by atoms with Crippen LogP contribution in [0.5, 0.6) is 0 Å². The first-order valence-electron chi connectivity index (χ1n) is 4.77.